The molecular formula is C18H25NOS. The highest BCUT2D eigenvalue weighted by molar-refractivity contribution is 7.11. The third-order valence-corrected chi connectivity index (χ3v) is 4.32. The lowest BCUT2D eigenvalue weighted by Crippen LogP contribution is -2.18. The predicted octanol–water partition coefficient (Wildman–Crippen LogP) is 4.64. The van der Waals surface area contributed by atoms with E-state index in [1.807, 2.05) is 17.4 Å². The average molecular weight is 303 g/mol. The third kappa shape index (κ3) is 5.52. The van der Waals surface area contributed by atoms with Crippen molar-refractivity contribution < 1.29 is 4.74 Å². The third-order valence-electron chi connectivity index (χ3n) is 3.26. The van der Waals surface area contributed by atoms with E-state index in [0.717, 1.165) is 25.3 Å². The lowest BCUT2D eigenvalue weighted by atomic mass is 10.2. The van der Waals surface area contributed by atoms with Gasteiger partial charge in [0.1, 0.15) is 12.4 Å². The van der Waals surface area contributed by atoms with E-state index in [0.29, 0.717) is 12.5 Å². The fourth-order valence-corrected chi connectivity index (χ4v) is 2.99. The average Bonchev–Trinajstić information content (AvgIpc) is 2.93. The fourth-order valence-electron chi connectivity index (χ4n) is 2.09. The summed E-state index contributed by atoms with van der Waals surface area (Å²) in [4.78, 5) is 2.65. The number of rotatable bonds is 8. The molecule has 0 saturated carbocycles. The molecule has 0 aliphatic rings. The van der Waals surface area contributed by atoms with E-state index in [-0.39, 0.29) is 0 Å². The first kappa shape index (κ1) is 16.1. The van der Waals surface area contributed by atoms with Gasteiger partial charge in [-0.25, -0.2) is 0 Å². The Labute approximate surface area is 132 Å². The molecule has 0 fully saturated rings. The minimum Gasteiger partial charge on any atom is -0.488 e. The molecule has 0 aliphatic carbocycles. The maximum Gasteiger partial charge on any atom is 0.122 e. The Morgan fingerprint density at radius 3 is 2.71 bits per heavy atom. The maximum atomic E-state index is 5.88. The highest BCUT2D eigenvalue weighted by atomic mass is 32.1. The second kappa shape index (κ2) is 8.20. The van der Waals surface area contributed by atoms with Crippen LogP contribution in [-0.2, 0) is 19.6 Å². The number of hydrogen-bond acceptors (Lipinski definition) is 3. The zero-order valence-corrected chi connectivity index (χ0v) is 14.0. The van der Waals surface area contributed by atoms with Crippen LogP contribution < -0.4 is 10.1 Å². The Hall–Kier alpha value is -1.32. The van der Waals surface area contributed by atoms with Crippen molar-refractivity contribution in [2.45, 2.75) is 40.3 Å². The number of ether oxygens (including phenoxy) is 1. The molecule has 0 amide bonds. The Morgan fingerprint density at radius 2 is 1.95 bits per heavy atom. The quantitative estimate of drug-likeness (QED) is 0.767. The van der Waals surface area contributed by atoms with Crippen molar-refractivity contribution in [3.8, 4) is 5.75 Å². The van der Waals surface area contributed by atoms with E-state index in [9.17, 15) is 0 Å². The lowest BCUT2D eigenvalue weighted by molar-refractivity contribution is 0.309. The van der Waals surface area contributed by atoms with Crippen LogP contribution in [-0.4, -0.2) is 6.54 Å². The summed E-state index contributed by atoms with van der Waals surface area (Å²) in [5.74, 6) is 1.65. The van der Waals surface area contributed by atoms with Crippen molar-refractivity contribution in [1.82, 2.24) is 5.32 Å². The number of aryl methyl sites for hydroxylation is 1. The highest BCUT2D eigenvalue weighted by Crippen LogP contribution is 2.20. The van der Waals surface area contributed by atoms with Crippen LogP contribution >= 0.6 is 11.3 Å². The summed E-state index contributed by atoms with van der Waals surface area (Å²) < 4.78 is 5.88. The van der Waals surface area contributed by atoms with Crippen LogP contribution in [0, 0.1) is 5.92 Å². The molecule has 0 radical (unpaired) electrons. The van der Waals surface area contributed by atoms with Crippen molar-refractivity contribution >= 4 is 11.3 Å². The van der Waals surface area contributed by atoms with Gasteiger partial charge in [-0.2, -0.15) is 0 Å². The smallest absolute Gasteiger partial charge is 0.122 e. The van der Waals surface area contributed by atoms with Gasteiger partial charge in [0.2, 0.25) is 0 Å². The minimum atomic E-state index is 0.655. The zero-order valence-electron chi connectivity index (χ0n) is 13.2. The number of hydrogen-bond donors (Lipinski definition) is 1. The molecule has 0 spiro atoms. The van der Waals surface area contributed by atoms with Gasteiger partial charge < -0.3 is 10.1 Å². The van der Waals surface area contributed by atoms with Gasteiger partial charge in [-0.05, 0) is 48.7 Å². The van der Waals surface area contributed by atoms with E-state index in [2.05, 4.69) is 56.4 Å². The summed E-state index contributed by atoms with van der Waals surface area (Å²) in [7, 11) is 0. The number of thiophene rings is 1. The van der Waals surface area contributed by atoms with Crippen molar-refractivity contribution in [3.63, 3.8) is 0 Å². The van der Waals surface area contributed by atoms with Crippen molar-refractivity contribution in [2.24, 2.45) is 5.92 Å². The molecule has 0 bridgehead atoms. The lowest BCUT2D eigenvalue weighted by Gasteiger charge is -2.06. The molecule has 0 aliphatic heterocycles. The van der Waals surface area contributed by atoms with Crippen LogP contribution in [0.3, 0.4) is 0 Å². The molecule has 1 aromatic heterocycles. The molecule has 1 N–H and O–H groups in total. The summed E-state index contributed by atoms with van der Waals surface area (Å²) in [5, 5.41) is 3.47. The Kier molecular flexibility index (Phi) is 6.27. The second-order valence-corrected chi connectivity index (χ2v) is 6.94. The van der Waals surface area contributed by atoms with Crippen LogP contribution in [0.1, 0.15) is 36.1 Å². The molecule has 0 atom stereocenters. The minimum absolute atomic E-state index is 0.655. The van der Waals surface area contributed by atoms with E-state index in [4.69, 9.17) is 4.74 Å². The fraction of sp³-hybridized carbons (Fsp3) is 0.444. The molecule has 21 heavy (non-hydrogen) atoms. The van der Waals surface area contributed by atoms with Gasteiger partial charge in [-0.3, -0.25) is 0 Å². The van der Waals surface area contributed by atoms with Crippen molar-refractivity contribution in [3.05, 3.63) is 51.7 Å². The largest absolute Gasteiger partial charge is 0.488 e. The van der Waals surface area contributed by atoms with E-state index in [1.165, 1.54) is 15.3 Å². The van der Waals surface area contributed by atoms with E-state index >= 15 is 0 Å². The second-order valence-electron chi connectivity index (χ2n) is 5.68. The van der Waals surface area contributed by atoms with Crippen molar-refractivity contribution in [1.29, 1.82) is 0 Å². The first-order chi connectivity index (χ1) is 10.2. The monoisotopic (exact) mass is 303 g/mol. The van der Waals surface area contributed by atoms with Gasteiger partial charge in [0.25, 0.3) is 0 Å². The van der Waals surface area contributed by atoms with E-state index in [1.54, 1.807) is 0 Å². The Balaban J connectivity index is 1.82. The van der Waals surface area contributed by atoms with Gasteiger partial charge in [0, 0.05) is 16.3 Å². The summed E-state index contributed by atoms with van der Waals surface area (Å²) in [6.07, 6.45) is 1.04. The normalized spacial score (nSPS) is 11.0. The van der Waals surface area contributed by atoms with Crippen molar-refractivity contribution in [2.75, 3.05) is 6.54 Å². The number of nitrogens with one attached hydrogen (secondary N) is 1. The van der Waals surface area contributed by atoms with Gasteiger partial charge in [-0.1, -0.05) is 32.9 Å². The molecule has 2 rings (SSSR count). The molecular weight excluding hydrogens is 278 g/mol. The van der Waals surface area contributed by atoms with Gasteiger partial charge in [-0.15, -0.1) is 11.3 Å². The summed E-state index contributed by atoms with van der Waals surface area (Å²) in [5.41, 5.74) is 1.32. The van der Waals surface area contributed by atoms with Gasteiger partial charge in [0.05, 0.1) is 0 Å². The Bertz CT molecular complexity index is 548. The molecule has 0 saturated heterocycles. The summed E-state index contributed by atoms with van der Waals surface area (Å²) >= 11 is 1.83. The molecule has 2 aromatic rings. The van der Waals surface area contributed by atoms with Crippen LogP contribution in [0.5, 0.6) is 5.75 Å². The highest BCUT2D eigenvalue weighted by Gasteiger charge is 2.02. The molecule has 0 unspecified atom stereocenters. The van der Waals surface area contributed by atoms with Crippen LogP contribution in [0.25, 0.3) is 0 Å². The first-order valence-electron chi connectivity index (χ1n) is 7.67. The Morgan fingerprint density at radius 1 is 1.14 bits per heavy atom. The molecule has 2 nitrogen and oxygen atoms in total. The first-order valence-corrected chi connectivity index (χ1v) is 8.49. The summed E-state index contributed by atoms with van der Waals surface area (Å²) in [6, 6.07) is 12.7. The van der Waals surface area contributed by atoms with Gasteiger partial charge >= 0.3 is 0 Å². The predicted molar refractivity (Wildman–Crippen MR) is 91.0 cm³/mol. The summed E-state index contributed by atoms with van der Waals surface area (Å²) in [6.45, 7) is 9.29. The molecule has 1 aromatic carbocycles. The SMILES string of the molecule is CCc1cccc(OCc2ccc(CNCC(C)C)s2)c1. The molecule has 1 heterocycles. The van der Waals surface area contributed by atoms with Gasteiger partial charge in [0.15, 0.2) is 0 Å². The topological polar surface area (TPSA) is 21.3 Å². The van der Waals surface area contributed by atoms with E-state index < -0.39 is 0 Å². The standard InChI is InChI=1S/C18H25NOS/c1-4-15-6-5-7-16(10-15)20-13-18-9-8-17(21-18)12-19-11-14(2)3/h5-10,14,19H,4,11-13H2,1-3H3. The zero-order chi connectivity index (χ0) is 15.1. The maximum absolute atomic E-state index is 5.88. The molecule has 114 valence electrons. The van der Waals surface area contributed by atoms with Crippen LogP contribution in [0.4, 0.5) is 0 Å². The van der Waals surface area contributed by atoms with Crippen LogP contribution in [0.15, 0.2) is 36.4 Å². The molecule has 3 heteroatoms. The number of benzene rings is 1. The van der Waals surface area contributed by atoms with Crippen LogP contribution in [0.2, 0.25) is 0 Å².